The molecular formula is C14H17N3O2S. The molecule has 0 unspecified atom stereocenters. The van der Waals surface area contributed by atoms with Gasteiger partial charge in [-0.15, -0.1) is 11.3 Å². The molecule has 20 heavy (non-hydrogen) atoms. The lowest BCUT2D eigenvalue weighted by Crippen LogP contribution is -2.08. The topological polar surface area (TPSA) is 63.2 Å². The van der Waals surface area contributed by atoms with Crippen LogP contribution in [0.3, 0.4) is 0 Å². The van der Waals surface area contributed by atoms with Crippen LogP contribution in [0.2, 0.25) is 0 Å². The van der Waals surface area contributed by atoms with Crippen molar-refractivity contribution in [2.24, 2.45) is 0 Å². The summed E-state index contributed by atoms with van der Waals surface area (Å²) in [6.45, 7) is 4.61. The molecule has 0 aliphatic rings. The van der Waals surface area contributed by atoms with E-state index in [0.717, 1.165) is 16.3 Å². The third-order valence-electron chi connectivity index (χ3n) is 2.55. The monoisotopic (exact) mass is 291 g/mol. The quantitative estimate of drug-likeness (QED) is 0.858. The molecule has 5 nitrogen and oxygen atoms in total. The third-order valence-corrected chi connectivity index (χ3v) is 3.47. The Morgan fingerprint density at radius 2 is 2.25 bits per heavy atom. The Morgan fingerprint density at radius 1 is 1.40 bits per heavy atom. The number of carbonyl (C=O) groups excluding carboxylic acids is 1. The molecule has 2 heterocycles. The van der Waals surface area contributed by atoms with Gasteiger partial charge >= 0.3 is 0 Å². The lowest BCUT2D eigenvalue weighted by Gasteiger charge is -2.11. The second kappa shape index (κ2) is 6.91. The molecule has 0 radical (unpaired) electrons. The highest BCUT2D eigenvalue weighted by Crippen LogP contribution is 2.26. The fourth-order valence-corrected chi connectivity index (χ4v) is 2.50. The van der Waals surface area contributed by atoms with Crippen LogP contribution in [0.1, 0.15) is 18.7 Å². The first-order valence-electron chi connectivity index (χ1n) is 6.36. The number of carbonyl (C=O) groups is 1. The highest BCUT2D eigenvalue weighted by molar-refractivity contribution is 7.10. The van der Waals surface area contributed by atoms with Crippen LogP contribution in [0.4, 0.5) is 11.4 Å². The van der Waals surface area contributed by atoms with Gasteiger partial charge in [0.05, 0.1) is 24.5 Å². The molecule has 0 aliphatic carbocycles. The van der Waals surface area contributed by atoms with E-state index in [-0.39, 0.29) is 5.91 Å². The second-order valence-electron chi connectivity index (χ2n) is 4.08. The van der Waals surface area contributed by atoms with Gasteiger partial charge in [-0.3, -0.25) is 4.79 Å². The molecule has 0 spiro atoms. The van der Waals surface area contributed by atoms with Crippen molar-refractivity contribution in [3.05, 3.63) is 34.7 Å². The molecule has 2 rings (SSSR count). The fourth-order valence-electron chi connectivity index (χ4n) is 1.73. The van der Waals surface area contributed by atoms with Crippen LogP contribution in [0.25, 0.3) is 0 Å². The Bertz CT molecular complexity index is 583. The highest BCUT2D eigenvalue weighted by atomic mass is 32.1. The number of pyridine rings is 1. The summed E-state index contributed by atoms with van der Waals surface area (Å²) in [6, 6.07) is 5.67. The summed E-state index contributed by atoms with van der Waals surface area (Å²) in [7, 11) is 0. The zero-order chi connectivity index (χ0) is 14.4. The molecule has 0 bridgehead atoms. The Labute approximate surface area is 122 Å². The van der Waals surface area contributed by atoms with E-state index in [2.05, 4.69) is 15.6 Å². The standard InChI is InChI=1S/C14H17N3O2S/c1-3-19-14-12(5-4-7-15-14)16-9-13-11(6-8-20-13)17-10(2)18/h4-8,16H,3,9H2,1-2H3,(H,17,18). The molecule has 0 atom stereocenters. The Kier molecular flexibility index (Phi) is 4.95. The number of anilines is 2. The molecule has 0 saturated carbocycles. The van der Waals surface area contributed by atoms with Gasteiger partial charge in [0, 0.05) is 18.0 Å². The first-order chi connectivity index (χ1) is 9.70. The smallest absolute Gasteiger partial charge is 0.237 e. The average Bonchev–Trinajstić information content (AvgIpc) is 2.84. The number of hydrogen-bond acceptors (Lipinski definition) is 5. The number of amides is 1. The molecule has 2 aromatic heterocycles. The summed E-state index contributed by atoms with van der Waals surface area (Å²) in [5.41, 5.74) is 1.69. The molecule has 2 aromatic rings. The van der Waals surface area contributed by atoms with Gasteiger partial charge in [0.2, 0.25) is 11.8 Å². The summed E-state index contributed by atoms with van der Waals surface area (Å²) < 4.78 is 5.46. The number of rotatable bonds is 6. The van der Waals surface area contributed by atoms with E-state index in [1.165, 1.54) is 6.92 Å². The predicted octanol–water partition coefficient (Wildman–Crippen LogP) is 3.11. The van der Waals surface area contributed by atoms with Gasteiger partial charge in [-0.1, -0.05) is 0 Å². The van der Waals surface area contributed by atoms with E-state index < -0.39 is 0 Å². The molecule has 0 aromatic carbocycles. The molecule has 2 N–H and O–H groups in total. The van der Waals surface area contributed by atoms with Gasteiger partial charge in [-0.2, -0.15) is 0 Å². The number of nitrogens with zero attached hydrogens (tertiary/aromatic N) is 1. The molecule has 0 fully saturated rings. The Balaban J connectivity index is 2.05. The molecule has 1 amide bonds. The summed E-state index contributed by atoms with van der Waals surface area (Å²) in [5, 5.41) is 8.05. The van der Waals surface area contributed by atoms with Gasteiger partial charge in [0.25, 0.3) is 0 Å². The molecule has 0 saturated heterocycles. The highest BCUT2D eigenvalue weighted by Gasteiger charge is 2.08. The predicted molar refractivity (Wildman–Crippen MR) is 81.4 cm³/mol. The van der Waals surface area contributed by atoms with E-state index in [1.54, 1.807) is 17.5 Å². The minimum absolute atomic E-state index is 0.0685. The Morgan fingerprint density at radius 3 is 3.00 bits per heavy atom. The summed E-state index contributed by atoms with van der Waals surface area (Å²) in [4.78, 5) is 16.4. The molecule has 106 valence electrons. The van der Waals surface area contributed by atoms with E-state index in [4.69, 9.17) is 4.74 Å². The lowest BCUT2D eigenvalue weighted by molar-refractivity contribution is -0.114. The van der Waals surface area contributed by atoms with Crippen LogP contribution in [0, 0.1) is 0 Å². The minimum Gasteiger partial charge on any atom is -0.476 e. The van der Waals surface area contributed by atoms with Crippen LogP contribution in [-0.2, 0) is 11.3 Å². The fraction of sp³-hybridized carbons (Fsp3) is 0.286. The number of hydrogen-bond donors (Lipinski definition) is 2. The van der Waals surface area contributed by atoms with Crippen molar-refractivity contribution in [3.63, 3.8) is 0 Å². The minimum atomic E-state index is -0.0685. The van der Waals surface area contributed by atoms with Gasteiger partial charge < -0.3 is 15.4 Å². The zero-order valence-corrected chi connectivity index (χ0v) is 12.3. The van der Waals surface area contributed by atoms with Crippen LogP contribution in [0.15, 0.2) is 29.8 Å². The molecule has 0 aliphatic heterocycles. The number of thiophene rings is 1. The van der Waals surface area contributed by atoms with Crippen molar-refractivity contribution in [2.75, 3.05) is 17.2 Å². The van der Waals surface area contributed by atoms with E-state index in [1.807, 2.05) is 30.5 Å². The van der Waals surface area contributed by atoms with Gasteiger partial charge in [0.15, 0.2) is 0 Å². The summed E-state index contributed by atoms with van der Waals surface area (Å²) in [6.07, 6.45) is 1.70. The van der Waals surface area contributed by atoms with Crippen LogP contribution in [-0.4, -0.2) is 17.5 Å². The van der Waals surface area contributed by atoms with Gasteiger partial charge in [-0.05, 0) is 30.5 Å². The largest absolute Gasteiger partial charge is 0.476 e. The van der Waals surface area contributed by atoms with Crippen molar-refractivity contribution in [3.8, 4) is 5.88 Å². The van der Waals surface area contributed by atoms with E-state index in [0.29, 0.717) is 19.0 Å². The maximum atomic E-state index is 11.1. The zero-order valence-electron chi connectivity index (χ0n) is 11.5. The molecular weight excluding hydrogens is 274 g/mol. The third kappa shape index (κ3) is 3.71. The Hall–Kier alpha value is -2.08. The number of aromatic nitrogens is 1. The van der Waals surface area contributed by atoms with Crippen LogP contribution < -0.4 is 15.4 Å². The van der Waals surface area contributed by atoms with Crippen molar-refractivity contribution in [1.82, 2.24) is 4.98 Å². The molecule has 6 heteroatoms. The second-order valence-corrected chi connectivity index (χ2v) is 5.08. The SMILES string of the molecule is CCOc1ncccc1NCc1sccc1NC(C)=O. The van der Waals surface area contributed by atoms with Crippen molar-refractivity contribution < 1.29 is 9.53 Å². The summed E-state index contributed by atoms with van der Waals surface area (Å²) >= 11 is 1.59. The van der Waals surface area contributed by atoms with Gasteiger partial charge in [0.1, 0.15) is 0 Å². The van der Waals surface area contributed by atoms with E-state index >= 15 is 0 Å². The van der Waals surface area contributed by atoms with Crippen LogP contribution >= 0.6 is 11.3 Å². The first-order valence-corrected chi connectivity index (χ1v) is 7.24. The van der Waals surface area contributed by atoms with Crippen molar-refractivity contribution >= 4 is 28.6 Å². The summed E-state index contributed by atoms with van der Waals surface area (Å²) in [5.74, 6) is 0.522. The first kappa shape index (κ1) is 14.3. The van der Waals surface area contributed by atoms with Crippen molar-refractivity contribution in [1.29, 1.82) is 0 Å². The average molecular weight is 291 g/mol. The normalized spacial score (nSPS) is 10.1. The van der Waals surface area contributed by atoms with Crippen LogP contribution in [0.5, 0.6) is 5.88 Å². The maximum Gasteiger partial charge on any atom is 0.237 e. The van der Waals surface area contributed by atoms with Crippen molar-refractivity contribution in [2.45, 2.75) is 20.4 Å². The van der Waals surface area contributed by atoms with Gasteiger partial charge in [-0.25, -0.2) is 4.98 Å². The number of nitrogens with one attached hydrogen (secondary N) is 2. The maximum absolute atomic E-state index is 11.1. The lowest BCUT2D eigenvalue weighted by atomic mass is 10.3. The van der Waals surface area contributed by atoms with E-state index in [9.17, 15) is 4.79 Å². The number of ether oxygens (including phenoxy) is 1.